The minimum Gasteiger partial charge on any atom is -0.444 e. The lowest BCUT2D eigenvalue weighted by Crippen LogP contribution is -2.51. The number of nitrogens with zero attached hydrogens (tertiary/aromatic N) is 4. The summed E-state index contributed by atoms with van der Waals surface area (Å²) < 4.78 is 77.9. The smallest absolute Gasteiger partial charge is 0.410 e. The van der Waals surface area contributed by atoms with E-state index in [-0.39, 0.29) is 60.0 Å². The Labute approximate surface area is 269 Å². The molecule has 1 fully saturated rings. The molecule has 1 aliphatic rings. The minimum atomic E-state index is -4.16. The number of anilines is 2. The quantitative estimate of drug-likeness (QED) is 0.252. The molecule has 0 spiro atoms. The van der Waals surface area contributed by atoms with Gasteiger partial charge in [0.05, 0.1) is 18.0 Å². The molecule has 1 aliphatic heterocycles. The Bertz CT molecular complexity index is 1980. The van der Waals surface area contributed by atoms with Gasteiger partial charge in [-0.05, 0) is 57.5 Å². The first-order chi connectivity index (χ1) is 22.1. The Kier molecular flexibility index (Phi) is 9.48. The lowest BCUT2D eigenvalue weighted by molar-refractivity contribution is 0.0124. The van der Waals surface area contributed by atoms with Crippen LogP contribution in [0.5, 0.6) is 0 Å². The Morgan fingerprint density at radius 3 is 2.51 bits per heavy atom. The van der Waals surface area contributed by atoms with Gasteiger partial charge in [0.25, 0.3) is 5.56 Å². The van der Waals surface area contributed by atoms with E-state index in [4.69, 9.17) is 4.74 Å². The summed E-state index contributed by atoms with van der Waals surface area (Å²) in [6.07, 6.45) is -0.327. The van der Waals surface area contributed by atoms with E-state index < -0.39 is 56.9 Å². The van der Waals surface area contributed by atoms with Gasteiger partial charge >= 0.3 is 6.09 Å². The molecular formula is C32H35F3N6O5S. The van der Waals surface area contributed by atoms with Crippen molar-refractivity contribution in [3.05, 3.63) is 82.3 Å². The second-order valence-electron chi connectivity index (χ2n) is 12.3. The summed E-state index contributed by atoms with van der Waals surface area (Å²) in [6.45, 7) is 7.20. The molecule has 1 saturated heterocycles. The zero-order valence-corrected chi connectivity index (χ0v) is 27.1. The molecule has 11 nitrogen and oxygen atoms in total. The number of fused-ring (bicyclic) bond motifs is 1. The number of pyridine rings is 1. The topological polar surface area (TPSA) is 136 Å². The number of carbonyl (C=O) groups is 1. The molecule has 4 aromatic rings. The summed E-state index contributed by atoms with van der Waals surface area (Å²) in [7, 11) is -4.16. The van der Waals surface area contributed by atoms with Crippen LogP contribution in [-0.4, -0.2) is 64.9 Å². The number of benzene rings is 2. The highest BCUT2D eigenvalue weighted by Gasteiger charge is 2.33. The van der Waals surface area contributed by atoms with Crippen LogP contribution in [0.1, 0.15) is 39.7 Å². The van der Waals surface area contributed by atoms with Crippen molar-refractivity contribution in [1.82, 2.24) is 19.4 Å². The van der Waals surface area contributed by atoms with Crippen LogP contribution in [0.2, 0.25) is 0 Å². The number of carbonyl (C=O) groups excluding carboxylic acids is 1. The van der Waals surface area contributed by atoms with Gasteiger partial charge in [-0.25, -0.2) is 31.4 Å². The van der Waals surface area contributed by atoms with E-state index in [1.807, 2.05) is 0 Å². The highest BCUT2D eigenvalue weighted by atomic mass is 32.2. The van der Waals surface area contributed by atoms with E-state index in [1.54, 1.807) is 27.7 Å². The van der Waals surface area contributed by atoms with E-state index in [2.05, 4.69) is 20.0 Å². The molecular weight excluding hydrogens is 637 g/mol. The molecule has 2 atom stereocenters. The number of ether oxygens (including phenoxy) is 1. The first-order valence-electron chi connectivity index (χ1n) is 15.0. The molecule has 5 rings (SSSR count). The second kappa shape index (κ2) is 13.2. The van der Waals surface area contributed by atoms with Crippen LogP contribution in [0.15, 0.2) is 59.5 Å². The molecule has 2 aromatic heterocycles. The normalized spacial score (nSPS) is 17.0. The number of likely N-dealkylation sites (tertiary alicyclic amines) is 1. The standard InChI is InChI=1S/C32H35F3N6O5S/c1-5-41-28-21(15-36-30(38-28)37-23-14-22(33)16-40(17-23)31(43)46-32(2,3)4)12-24(29(41)42)19-10-11-27(26(35)13-19)39-47(44,45)18-20-8-6-7-9-25(20)34/h6-13,15,22-23,39H,5,14,16-18H2,1-4H3,(H,36,37,38)/t22-,23-/m0/s1. The number of halogens is 3. The fourth-order valence-corrected chi connectivity index (χ4v) is 6.53. The molecule has 1 amide bonds. The van der Waals surface area contributed by atoms with Gasteiger partial charge in [-0.2, -0.15) is 4.98 Å². The Morgan fingerprint density at radius 1 is 1.09 bits per heavy atom. The van der Waals surface area contributed by atoms with Gasteiger partial charge in [0.1, 0.15) is 29.1 Å². The van der Waals surface area contributed by atoms with Gasteiger partial charge in [0.2, 0.25) is 16.0 Å². The number of aryl methyl sites for hydroxylation is 1. The van der Waals surface area contributed by atoms with Gasteiger partial charge in [-0.1, -0.05) is 24.3 Å². The van der Waals surface area contributed by atoms with Crippen LogP contribution >= 0.6 is 0 Å². The van der Waals surface area contributed by atoms with Crippen LogP contribution in [0.3, 0.4) is 0 Å². The van der Waals surface area contributed by atoms with Crippen molar-refractivity contribution in [2.45, 2.75) is 64.2 Å². The lowest BCUT2D eigenvalue weighted by atomic mass is 10.0. The van der Waals surface area contributed by atoms with Crippen molar-refractivity contribution >= 4 is 38.8 Å². The largest absolute Gasteiger partial charge is 0.444 e. The Hall–Kier alpha value is -4.66. The molecule has 0 radical (unpaired) electrons. The van der Waals surface area contributed by atoms with E-state index in [9.17, 15) is 26.8 Å². The third-order valence-corrected chi connectivity index (χ3v) is 8.60. The minimum absolute atomic E-state index is 0.0676. The van der Waals surface area contributed by atoms with Crippen LogP contribution < -0.4 is 15.6 Å². The molecule has 15 heteroatoms. The zero-order chi connectivity index (χ0) is 34.1. The molecule has 3 heterocycles. The lowest BCUT2D eigenvalue weighted by Gasteiger charge is -2.36. The molecule has 0 saturated carbocycles. The number of hydrogen-bond acceptors (Lipinski definition) is 8. The molecule has 2 N–H and O–H groups in total. The summed E-state index contributed by atoms with van der Waals surface area (Å²) in [5.74, 6) is -2.19. The fourth-order valence-electron chi connectivity index (χ4n) is 5.32. The van der Waals surface area contributed by atoms with Crippen LogP contribution in [0.4, 0.5) is 29.6 Å². The number of aromatic nitrogens is 3. The summed E-state index contributed by atoms with van der Waals surface area (Å²) in [4.78, 5) is 36.3. The molecule has 0 bridgehead atoms. The van der Waals surface area contributed by atoms with Crippen molar-refractivity contribution in [2.75, 3.05) is 23.1 Å². The second-order valence-corrected chi connectivity index (χ2v) is 14.0. The first-order valence-corrected chi connectivity index (χ1v) is 16.6. The van der Waals surface area contributed by atoms with Crippen LogP contribution in [0, 0.1) is 11.6 Å². The number of hydrogen-bond donors (Lipinski definition) is 2. The SMILES string of the molecule is CCn1c(=O)c(-c2ccc(NS(=O)(=O)Cc3ccccc3F)c(F)c2)cc2cnc(N[C@H]3C[C@H](F)CN(C(=O)OC(C)(C)C)C3)nc21. The summed E-state index contributed by atoms with van der Waals surface area (Å²) in [5, 5.41) is 3.53. The van der Waals surface area contributed by atoms with Crippen molar-refractivity contribution in [3.63, 3.8) is 0 Å². The predicted octanol–water partition coefficient (Wildman–Crippen LogP) is 5.46. The van der Waals surface area contributed by atoms with Crippen LogP contribution in [-0.2, 0) is 27.1 Å². The Balaban J connectivity index is 1.37. The van der Waals surface area contributed by atoms with Gasteiger partial charge < -0.3 is 15.0 Å². The fraction of sp³-hybridized carbons (Fsp3) is 0.375. The molecule has 0 unspecified atom stereocenters. The van der Waals surface area contributed by atoms with Gasteiger partial charge in [0.15, 0.2) is 0 Å². The van der Waals surface area contributed by atoms with Crippen molar-refractivity contribution in [3.8, 4) is 11.1 Å². The maximum Gasteiger partial charge on any atom is 0.410 e. The van der Waals surface area contributed by atoms with Crippen molar-refractivity contribution < 1.29 is 31.1 Å². The first kappa shape index (κ1) is 33.7. The van der Waals surface area contributed by atoms with E-state index in [0.29, 0.717) is 5.39 Å². The summed E-state index contributed by atoms with van der Waals surface area (Å²) in [5.41, 5.74) is -1.03. The van der Waals surface area contributed by atoms with Crippen LogP contribution in [0.25, 0.3) is 22.2 Å². The number of nitrogens with one attached hydrogen (secondary N) is 2. The highest BCUT2D eigenvalue weighted by Crippen LogP contribution is 2.27. The van der Waals surface area contributed by atoms with Gasteiger partial charge in [-0.3, -0.25) is 14.1 Å². The van der Waals surface area contributed by atoms with Gasteiger partial charge in [-0.15, -0.1) is 0 Å². The number of sulfonamides is 1. The van der Waals surface area contributed by atoms with E-state index in [1.165, 1.54) is 52.1 Å². The maximum absolute atomic E-state index is 15.2. The third kappa shape index (κ3) is 8.02. The summed E-state index contributed by atoms with van der Waals surface area (Å²) in [6, 6.07) is 10.00. The number of piperidine rings is 1. The van der Waals surface area contributed by atoms with Crippen molar-refractivity contribution in [2.24, 2.45) is 0 Å². The monoisotopic (exact) mass is 672 g/mol. The molecule has 250 valence electrons. The summed E-state index contributed by atoms with van der Waals surface area (Å²) >= 11 is 0. The Morgan fingerprint density at radius 2 is 1.83 bits per heavy atom. The predicted molar refractivity (Wildman–Crippen MR) is 172 cm³/mol. The van der Waals surface area contributed by atoms with E-state index >= 15 is 4.39 Å². The molecule has 0 aliphatic carbocycles. The zero-order valence-electron chi connectivity index (χ0n) is 26.3. The van der Waals surface area contributed by atoms with E-state index in [0.717, 1.165) is 12.1 Å². The van der Waals surface area contributed by atoms with Crippen molar-refractivity contribution in [1.29, 1.82) is 0 Å². The molecule has 47 heavy (non-hydrogen) atoms. The van der Waals surface area contributed by atoms with Gasteiger partial charge in [0, 0.05) is 48.3 Å². The third-order valence-electron chi connectivity index (χ3n) is 7.38. The molecule has 2 aromatic carbocycles. The highest BCUT2D eigenvalue weighted by molar-refractivity contribution is 7.91. The maximum atomic E-state index is 15.2. The number of rotatable bonds is 8. The average Bonchev–Trinajstić information content (AvgIpc) is 2.98. The average molecular weight is 673 g/mol. The number of amides is 1. The number of alkyl halides is 1.